The van der Waals surface area contributed by atoms with E-state index < -0.39 is 0 Å². The van der Waals surface area contributed by atoms with E-state index in [1.807, 2.05) is 0 Å². The summed E-state index contributed by atoms with van der Waals surface area (Å²) in [5, 5.41) is 3.97. The lowest BCUT2D eigenvalue weighted by Gasteiger charge is -2.24. The zero-order valence-corrected chi connectivity index (χ0v) is 12.3. The molecular formula is C16H32N2. The third-order valence-corrected chi connectivity index (χ3v) is 4.69. The number of rotatable bonds is 4. The molecule has 1 atom stereocenters. The fraction of sp³-hybridized carbons (Fsp3) is 1.00. The Morgan fingerprint density at radius 1 is 0.833 bits per heavy atom. The molecule has 0 amide bonds. The monoisotopic (exact) mass is 252 g/mol. The van der Waals surface area contributed by atoms with Crippen molar-refractivity contribution >= 4 is 0 Å². The highest BCUT2D eigenvalue weighted by molar-refractivity contribution is 4.80. The first-order chi connectivity index (χ1) is 8.88. The molecule has 1 N–H and O–H groups in total. The van der Waals surface area contributed by atoms with Crippen molar-refractivity contribution in [3.05, 3.63) is 0 Å². The molecule has 1 aliphatic carbocycles. The average molecular weight is 252 g/mol. The van der Waals surface area contributed by atoms with Crippen molar-refractivity contribution in [1.82, 2.24) is 10.2 Å². The smallest absolute Gasteiger partial charge is 0.00823 e. The molecule has 18 heavy (non-hydrogen) atoms. The van der Waals surface area contributed by atoms with E-state index in [0.717, 1.165) is 12.1 Å². The van der Waals surface area contributed by atoms with Crippen LogP contribution in [0.4, 0.5) is 0 Å². The van der Waals surface area contributed by atoms with Crippen LogP contribution in [0, 0.1) is 0 Å². The van der Waals surface area contributed by atoms with E-state index in [0.29, 0.717) is 0 Å². The normalized spacial score (nSPS) is 28.8. The van der Waals surface area contributed by atoms with Crippen LogP contribution in [0.1, 0.15) is 71.1 Å². The second-order valence-electron chi connectivity index (χ2n) is 6.32. The lowest BCUT2D eigenvalue weighted by atomic mass is 10.0. The highest BCUT2D eigenvalue weighted by atomic mass is 15.1. The number of likely N-dealkylation sites (tertiary alicyclic amines) is 1. The maximum absolute atomic E-state index is 3.97. The van der Waals surface area contributed by atoms with Gasteiger partial charge in [-0.1, -0.05) is 32.6 Å². The van der Waals surface area contributed by atoms with E-state index in [1.165, 1.54) is 83.8 Å². The molecule has 1 unspecified atom stereocenters. The summed E-state index contributed by atoms with van der Waals surface area (Å²) in [5.74, 6) is 0. The Kier molecular flexibility index (Phi) is 6.50. The third-order valence-electron chi connectivity index (χ3n) is 4.69. The third kappa shape index (κ3) is 4.89. The van der Waals surface area contributed by atoms with Crippen LogP contribution in [0.25, 0.3) is 0 Å². The van der Waals surface area contributed by atoms with Gasteiger partial charge in [0.05, 0.1) is 0 Å². The number of hydrogen-bond acceptors (Lipinski definition) is 2. The molecule has 1 saturated carbocycles. The molecule has 106 valence electrons. The lowest BCUT2D eigenvalue weighted by molar-refractivity contribution is 0.280. The van der Waals surface area contributed by atoms with E-state index in [2.05, 4.69) is 17.1 Å². The molecular weight excluding hydrogens is 220 g/mol. The highest BCUT2D eigenvalue weighted by Crippen LogP contribution is 2.20. The molecule has 0 radical (unpaired) electrons. The Morgan fingerprint density at radius 2 is 1.50 bits per heavy atom. The number of nitrogens with one attached hydrogen (secondary N) is 1. The standard InChI is InChI=1S/C16H32N2/c1-2-12-18-13-7-10-16(11-14-18)17-15-8-5-3-4-6-9-15/h15-17H,2-14H2,1H3. The van der Waals surface area contributed by atoms with E-state index in [1.54, 1.807) is 0 Å². The summed E-state index contributed by atoms with van der Waals surface area (Å²) in [6.07, 6.45) is 14.2. The molecule has 0 aromatic rings. The van der Waals surface area contributed by atoms with Gasteiger partial charge in [0.2, 0.25) is 0 Å². The van der Waals surface area contributed by atoms with Gasteiger partial charge in [-0.25, -0.2) is 0 Å². The maximum Gasteiger partial charge on any atom is 0.00823 e. The molecule has 0 spiro atoms. The SMILES string of the molecule is CCCN1CCCC(NC2CCCCCC2)CC1. The van der Waals surface area contributed by atoms with Gasteiger partial charge in [0.1, 0.15) is 0 Å². The maximum atomic E-state index is 3.97. The first-order valence-corrected chi connectivity index (χ1v) is 8.37. The summed E-state index contributed by atoms with van der Waals surface area (Å²) in [6, 6.07) is 1.63. The minimum atomic E-state index is 0.801. The Labute approximate surface area is 114 Å². The largest absolute Gasteiger partial charge is 0.311 e. The zero-order valence-electron chi connectivity index (χ0n) is 12.3. The van der Waals surface area contributed by atoms with E-state index >= 15 is 0 Å². The van der Waals surface area contributed by atoms with Crippen LogP contribution in [0.5, 0.6) is 0 Å². The average Bonchev–Trinajstić information content (AvgIpc) is 2.74. The van der Waals surface area contributed by atoms with Crippen LogP contribution in [-0.2, 0) is 0 Å². The van der Waals surface area contributed by atoms with Gasteiger partial charge in [0.15, 0.2) is 0 Å². The first kappa shape index (κ1) is 14.3. The summed E-state index contributed by atoms with van der Waals surface area (Å²) in [5.41, 5.74) is 0. The van der Waals surface area contributed by atoms with Crippen LogP contribution in [0.3, 0.4) is 0 Å². The summed E-state index contributed by atoms with van der Waals surface area (Å²) >= 11 is 0. The second kappa shape index (κ2) is 8.16. The van der Waals surface area contributed by atoms with Crippen LogP contribution < -0.4 is 5.32 Å². The van der Waals surface area contributed by atoms with Crippen LogP contribution in [0.15, 0.2) is 0 Å². The van der Waals surface area contributed by atoms with Crippen molar-refractivity contribution in [3.8, 4) is 0 Å². The van der Waals surface area contributed by atoms with Crippen molar-refractivity contribution in [2.75, 3.05) is 19.6 Å². The molecule has 2 fully saturated rings. The first-order valence-electron chi connectivity index (χ1n) is 8.37. The van der Waals surface area contributed by atoms with Crippen LogP contribution in [-0.4, -0.2) is 36.6 Å². The van der Waals surface area contributed by atoms with Crippen molar-refractivity contribution in [2.24, 2.45) is 0 Å². The van der Waals surface area contributed by atoms with Gasteiger partial charge in [0.25, 0.3) is 0 Å². The molecule has 0 bridgehead atoms. The van der Waals surface area contributed by atoms with Crippen LogP contribution >= 0.6 is 0 Å². The van der Waals surface area contributed by atoms with Gasteiger partial charge >= 0.3 is 0 Å². The van der Waals surface area contributed by atoms with Crippen molar-refractivity contribution in [2.45, 2.75) is 83.2 Å². The quantitative estimate of drug-likeness (QED) is 0.770. The zero-order chi connectivity index (χ0) is 12.6. The second-order valence-corrected chi connectivity index (χ2v) is 6.32. The Morgan fingerprint density at radius 3 is 2.22 bits per heavy atom. The molecule has 2 aliphatic rings. The summed E-state index contributed by atoms with van der Waals surface area (Å²) in [6.45, 7) is 6.25. The molecule has 2 rings (SSSR count). The Balaban J connectivity index is 1.72. The topological polar surface area (TPSA) is 15.3 Å². The summed E-state index contributed by atoms with van der Waals surface area (Å²) in [7, 11) is 0. The molecule has 1 saturated heterocycles. The Hall–Kier alpha value is -0.0800. The van der Waals surface area contributed by atoms with E-state index in [4.69, 9.17) is 0 Å². The molecule has 1 heterocycles. The van der Waals surface area contributed by atoms with Gasteiger partial charge in [-0.15, -0.1) is 0 Å². The molecule has 1 aliphatic heterocycles. The Bertz CT molecular complexity index is 209. The van der Waals surface area contributed by atoms with Crippen LogP contribution in [0.2, 0.25) is 0 Å². The van der Waals surface area contributed by atoms with Crippen molar-refractivity contribution in [3.63, 3.8) is 0 Å². The molecule has 0 aromatic heterocycles. The molecule has 2 heteroatoms. The summed E-state index contributed by atoms with van der Waals surface area (Å²) < 4.78 is 0. The predicted molar refractivity (Wildman–Crippen MR) is 79.0 cm³/mol. The lowest BCUT2D eigenvalue weighted by Crippen LogP contribution is -2.38. The highest BCUT2D eigenvalue weighted by Gasteiger charge is 2.20. The molecule has 0 aromatic carbocycles. The van der Waals surface area contributed by atoms with E-state index in [-0.39, 0.29) is 0 Å². The minimum absolute atomic E-state index is 0.801. The molecule has 2 nitrogen and oxygen atoms in total. The van der Waals surface area contributed by atoms with Gasteiger partial charge in [0, 0.05) is 12.1 Å². The minimum Gasteiger partial charge on any atom is -0.311 e. The van der Waals surface area contributed by atoms with Gasteiger partial charge < -0.3 is 10.2 Å². The predicted octanol–water partition coefficient (Wildman–Crippen LogP) is 3.56. The van der Waals surface area contributed by atoms with Gasteiger partial charge in [-0.05, 0) is 58.2 Å². The number of hydrogen-bond donors (Lipinski definition) is 1. The fourth-order valence-electron chi connectivity index (χ4n) is 3.64. The van der Waals surface area contributed by atoms with Gasteiger partial charge in [-0.2, -0.15) is 0 Å². The fourth-order valence-corrected chi connectivity index (χ4v) is 3.64. The van der Waals surface area contributed by atoms with Gasteiger partial charge in [-0.3, -0.25) is 0 Å². The summed E-state index contributed by atoms with van der Waals surface area (Å²) in [4.78, 5) is 2.66. The van der Waals surface area contributed by atoms with E-state index in [9.17, 15) is 0 Å². The van der Waals surface area contributed by atoms with Crippen molar-refractivity contribution < 1.29 is 0 Å². The van der Waals surface area contributed by atoms with Crippen molar-refractivity contribution in [1.29, 1.82) is 0 Å². The number of nitrogens with zero attached hydrogens (tertiary/aromatic N) is 1.